The second-order valence-corrected chi connectivity index (χ2v) is 15.9. The predicted molar refractivity (Wildman–Crippen MR) is 201 cm³/mol. The molecule has 0 aliphatic carbocycles. The number of carboxylic acids is 2. The van der Waals surface area contributed by atoms with E-state index in [1.54, 1.807) is 68.8 Å². The first-order valence-corrected chi connectivity index (χ1v) is 18.9. The summed E-state index contributed by atoms with van der Waals surface area (Å²) in [5, 5.41) is 18.9. The summed E-state index contributed by atoms with van der Waals surface area (Å²) >= 11 is 8.57. The summed E-state index contributed by atoms with van der Waals surface area (Å²) in [6.45, 7) is 2.14. The minimum Gasteiger partial charge on any atom is -0.481 e. The van der Waals surface area contributed by atoms with Gasteiger partial charge in [0, 0.05) is 48.8 Å². The Hall–Kier alpha value is -5.36. The molecule has 0 saturated heterocycles. The smallest absolute Gasteiger partial charge is 0.373 e. The molecule has 8 nitrogen and oxygen atoms in total. The van der Waals surface area contributed by atoms with Crippen molar-refractivity contribution in [2.24, 2.45) is 0 Å². The monoisotopic (exact) mass is 768 g/mol. The van der Waals surface area contributed by atoms with Crippen molar-refractivity contribution in [2.75, 3.05) is 0 Å². The van der Waals surface area contributed by atoms with Gasteiger partial charge in [-0.15, -0.1) is 56.7 Å². The van der Waals surface area contributed by atoms with Gasteiger partial charge in [-0.05, 0) is 89.8 Å². The molecule has 0 radical (unpaired) electrons. The molecule has 13 heteroatoms. The van der Waals surface area contributed by atoms with Crippen LogP contribution in [-0.2, 0) is 30.4 Å². The summed E-state index contributed by atoms with van der Waals surface area (Å²) in [7, 11) is 0. The number of carboxylic acid groups (broad SMARTS) is 2. The van der Waals surface area contributed by atoms with E-state index in [1.165, 1.54) is 25.1 Å². The number of hydrogen-bond acceptors (Lipinski definition) is 11. The largest absolute Gasteiger partial charge is 0.481 e. The summed E-state index contributed by atoms with van der Waals surface area (Å²) in [6.07, 6.45) is 0.489. The average molecular weight is 769 g/mol. The molecule has 0 atom stereocenters. The molecule has 254 valence electrons. The summed E-state index contributed by atoms with van der Waals surface area (Å²) in [6, 6.07) is 34.3. The molecule has 0 bridgehead atoms. The van der Waals surface area contributed by atoms with E-state index >= 15 is 0 Å². The van der Waals surface area contributed by atoms with Crippen LogP contribution in [0.2, 0.25) is 0 Å². The molecule has 0 aliphatic rings. The first kappa shape index (κ1) is 36.9. The molecule has 0 fully saturated rings. The minimum absolute atomic E-state index is 0.0113. The van der Waals surface area contributed by atoms with Crippen molar-refractivity contribution in [1.29, 1.82) is 0 Å². The number of aromatic carboxylic acids is 1. The first-order valence-electron chi connectivity index (χ1n) is 14.8. The fourth-order valence-electron chi connectivity index (χ4n) is 5.11. The first-order chi connectivity index (χ1) is 24.6. The van der Waals surface area contributed by atoms with Crippen LogP contribution in [-0.4, -0.2) is 34.5 Å². The SMILES string of the molecule is Cc1cc(-c2ccc(-c3cc(CC(=O)O)c(-c4ccc(-c5ccccc5)s4)s3)s2)sc1-c1ccc(-c2ccc(C(=O)O)cc2)s1.O=C=O.O=C=O. The number of aliphatic carboxylic acids is 1. The molecule has 2 N–H and O–H groups in total. The number of carbonyl (C=O) groups is 2. The third kappa shape index (κ3) is 8.87. The maximum absolute atomic E-state index is 11.8. The van der Waals surface area contributed by atoms with Crippen molar-refractivity contribution < 1.29 is 39.0 Å². The lowest BCUT2D eigenvalue weighted by atomic mass is 10.1. The van der Waals surface area contributed by atoms with Gasteiger partial charge in [-0.2, -0.15) is 19.2 Å². The molecule has 0 saturated carbocycles. The Bertz CT molecular complexity index is 2350. The third-order valence-electron chi connectivity index (χ3n) is 7.29. The molecule has 0 aliphatic heterocycles. The Morgan fingerprint density at radius 3 is 1.53 bits per heavy atom. The summed E-state index contributed by atoms with van der Waals surface area (Å²) < 4.78 is 0. The van der Waals surface area contributed by atoms with Crippen LogP contribution in [0, 0.1) is 6.92 Å². The van der Waals surface area contributed by atoms with Crippen LogP contribution in [0.15, 0.2) is 103 Å². The summed E-state index contributed by atoms with van der Waals surface area (Å²) in [5.41, 5.74) is 4.51. The Morgan fingerprint density at radius 2 is 0.980 bits per heavy atom. The lowest BCUT2D eigenvalue weighted by Crippen LogP contribution is -1.99. The van der Waals surface area contributed by atoms with E-state index in [2.05, 4.69) is 61.5 Å². The van der Waals surface area contributed by atoms with Gasteiger partial charge in [-0.1, -0.05) is 42.5 Å². The molecule has 0 unspecified atom stereocenters. The van der Waals surface area contributed by atoms with Crippen molar-refractivity contribution >= 4 is 80.9 Å². The van der Waals surface area contributed by atoms with Crippen molar-refractivity contribution in [3.05, 3.63) is 120 Å². The van der Waals surface area contributed by atoms with Gasteiger partial charge < -0.3 is 10.2 Å². The molecular formula is C38H24O8S5. The number of hydrogen-bond donors (Lipinski definition) is 2. The molecule has 51 heavy (non-hydrogen) atoms. The van der Waals surface area contributed by atoms with Crippen molar-refractivity contribution in [3.63, 3.8) is 0 Å². The Morgan fingerprint density at radius 1 is 0.529 bits per heavy atom. The van der Waals surface area contributed by atoms with Gasteiger partial charge in [0.2, 0.25) is 0 Å². The zero-order valence-electron chi connectivity index (χ0n) is 26.4. The van der Waals surface area contributed by atoms with E-state index in [-0.39, 0.29) is 24.3 Å². The van der Waals surface area contributed by atoms with Gasteiger partial charge in [0.15, 0.2) is 0 Å². The highest BCUT2D eigenvalue weighted by molar-refractivity contribution is 7.30. The molecule has 5 heterocycles. The highest BCUT2D eigenvalue weighted by Gasteiger charge is 2.19. The predicted octanol–water partition coefficient (Wildman–Crippen LogP) is 10.5. The van der Waals surface area contributed by atoms with Gasteiger partial charge in [-0.3, -0.25) is 4.79 Å². The number of rotatable bonds is 9. The topological polar surface area (TPSA) is 143 Å². The number of aryl methyl sites for hydroxylation is 1. The summed E-state index contributed by atoms with van der Waals surface area (Å²) in [5.74, 6) is -1.75. The van der Waals surface area contributed by atoms with Crippen LogP contribution in [0.3, 0.4) is 0 Å². The van der Waals surface area contributed by atoms with Crippen LogP contribution in [0.4, 0.5) is 0 Å². The molecular weight excluding hydrogens is 745 g/mol. The molecule has 2 aromatic carbocycles. The van der Waals surface area contributed by atoms with Crippen molar-refractivity contribution in [1.82, 2.24) is 0 Å². The quantitative estimate of drug-likeness (QED) is 0.148. The van der Waals surface area contributed by atoms with Gasteiger partial charge in [0.25, 0.3) is 0 Å². The highest BCUT2D eigenvalue weighted by atomic mass is 32.1. The van der Waals surface area contributed by atoms with Crippen LogP contribution >= 0.6 is 56.7 Å². The standard InChI is InChI=1S/C36H24O4S5.2CO2/c1-20-17-31(44-34(20)29-15-11-26(41-29)22-7-9-23(10-8-22)36(39)40)27-13-14-28(43-27)32-18-24(19-33(37)38)35(45-32)30-16-12-25(42-30)21-5-3-2-4-6-21;2*2-1-3/h2-18H,19H2,1H3,(H,37,38)(H,39,40);;. The average Bonchev–Trinajstić information content (AvgIpc) is 3.96. The van der Waals surface area contributed by atoms with Gasteiger partial charge in [0.05, 0.1) is 12.0 Å². The minimum atomic E-state index is -0.924. The van der Waals surface area contributed by atoms with E-state index in [1.807, 2.05) is 36.4 Å². The lowest BCUT2D eigenvalue weighted by molar-refractivity contribution is -0.193. The van der Waals surface area contributed by atoms with Crippen LogP contribution in [0.1, 0.15) is 21.5 Å². The van der Waals surface area contributed by atoms with E-state index < -0.39 is 11.9 Å². The molecule has 0 spiro atoms. The molecule has 7 aromatic rings. The van der Waals surface area contributed by atoms with E-state index in [4.69, 9.17) is 19.2 Å². The van der Waals surface area contributed by atoms with Gasteiger partial charge in [0.1, 0.15) is 0 Å². The maximum atomic E-state index is 11.8. The van der Waals surface area contributed by atoms with Gasteiger partial charge in [-0.25, -0.2) is 4.79 Å². The zero-order chi connectivity index (χ0) is 36.5. The van der Waals surface area contributed by atoms with E-state index in [0.29, 0.717) is 0 Å². The molecule has 0 amide bonds. The second-order valence-electron chi connectivity index (χ2n) is 10.6. The number of thiophene rings is 5. The third-order valence-corrected chi connectivity index (χ3v) is 13.8. The summed E-state index contributed by atoms with van der Waals surface area (Å²) in [4.78, 5) is 66.9. The van der Waals surface area contributed by atoms with E-state index in [0.717, 1.165) is 46.0 Å². The normalized spacial score (nSPS) is 10.2. The Balaban J connectivity index is 0.000000787. The zero-order valence-corrected chi connectivity index (χ0v) is 30.5. The van der Waals surface area contributed by atoms with Gasteiger partial charge >= 0.3 is 24.2 Å². The highest BCUT2D eigenvalue weighted by Crippen LogP contribution is 2.48. The Kier molecular flexibility index (Phi) is 12.3. The van der Waals surface area contributed by atoms with Crippen LogP contribution in [0.5, 0.6) is 0 Å². The van der Waals surface area contributed by atoms with Crippen molar-refractivity contribution in [3.8, 4) is 59.9 Å². The Labute approximate surface area is 311 Å². The van der Waals surface area contributed by atoms with Crippen molar-refractivity contribution in [2.45, 2.75) is 13.3 Å². The van der Waals surface area contributed by atoms with Crippen LogP contribution < -0.4 is 0 Å². The maximum Gasteiger partial charge on any atom is 0.373 e. The fourth-order valence-corrected chi connectivity index (χ4v) is 11.0. The molecule has 5 aromatic heterocycles. The molecule has 7 rings (SSSR count). The second kappa shape index (κ2) is 17.0. The lowest BCUT2D eigenvalue weighted by Gasteiger charge is -1.99. The number of benzene rings is 2. The van der Waals surface area contributed by atoms with Crippen LogP contribution in [0.25, 0.3) is 59.9 Å². The number of carbonyl (C=O) groups excluding carboxylic acids is 4. The van der Waals surface area contributed by atoms with E-state index in [9.17, 15) is 19.8 Å². The fraction of sp³-hybridized carbons (Fsp3) is 0.0526.